The van der Waals surface area contributed by atoms with Gasteiger partial charge in [0.15, 0.2) is 0 Å². The molecule has 0 atom stereocenters. The molecule has 64 valence electrons. The van der Waals surface area contributed by atoms with Crippen LogP contribution in [0.1, 0.15) is 29.9 Å². The Morgan fingerprint density at radius 1 is 1.42 bits per heavy atom. The molecule has 1 aromatic rings. The Bertz CT molecular complexity index is 292. The maximum absolute atomic E-state index is 6.12. The molecule has 0 bridgehead atoms. The maximum atomic E-state index is 6.12. The first-order valence-electron chi connectivity index (χ1n) is 4.16. The van der Waals surface area contributed by atoms with Gasteiger partial charge in [-0.3, -0.25) is 0 Å². The summed E-state index contributed by atoms with van der Waals surface area (Å²) in [5, 5.41) is 1.86. The zero-order valence-corrected chi connectivity index (χ0v) is 9.03. The lowest BCUT2D eigenvalue weighted by molar-refractivity contribution is 1.09. The second kappa shape index (κ2) is 3.39. The fourth-order valence-electron chi connectivity index (χ4n) is 1.53. The van der Waals surface area contributed by atoms with Gasteiger partial charge in [0.25, 0.3) is 0 Å². The molecule has 0 N–H and O–H groups in total. The van der Waals surface area contributed by atoms with E-state index in [9.17, 15) is 0 Å². The Kier molecular flexibility index (Phi) is 2.42. The van der Waals surface area contributed by atoms with Gasteiger partial charge < -0.3 is 0 Å². The van der Waals surface area contributed by atoms with Crippen molar-refractivity contribution in [3.05, 3.63) is 34.3 Å². The zero-order valence-electron chi connectivity index (χ0n) is 6.69. The molecule has 0 nitrogen and oxygen atoms in total. The summed E-state index contributed by atoms with van der Waals surface area (Å²) in [7, 11) is 0. The standard InChI is InChI=1S/C10H10BrCl/c11-6-8-2-1-3-9(12)10(8)7-4-5-7/h1-3,7H,4-6H2. The third-order valence-corrected chi connectivity index (χ3v) is 3.21. The van der Waals surface area contributed by atoms with Crippen molar-refractivity contribution in [3.8, 4) is 0 Å². The molecule has 0 radical (unpaired) electrons. The van der Waals surface area contributed by atoms with E-state index < -0.39 is 0 Å². The molecule has 1 saturated carbocycles. The molecule has 0 aliphatic heterocycles. The van der Waals surface area contributed by atoms with Crippen LogP contribution < -0.4 is 0 Å². The lowest BCUT2D eigenvalue weighted by atomic mass is 10.0. The predicted octanol–water partition coefficient (Wildman–Crippen LogP) is 4.11. The first-order valence-corrected chi connectivity index (χ1v) is 5.66. The average molecular weight is 246 g/mol. The van der Waals surface area contributed by atoms with Crippen molar-refractivity contribution in [3.63, 3.8) is 0 Å². The van der Waals surface area contributed by atoms with Crippen LogP contribution in [0.3, 0.4) is 0 Å². The molecule has 1 aliphatic rings. The summed E-state index contributed by atoms with van der Waals surface area (Å²) in [5.74, 6) is 0.742. The fraction of sp³-hybridized carbons (Fsp3) is 0.400. The summed E-state index contributed by atoms with van der Waals surface area (Å²) in [4.78, 5) is 0. The van der Waals surface area contributed by atoms with Gasteiger partial charge in [-0.05, 0) is 36.0 Å². The molecule has 1 aliphatic carbocycles. The second-order valence-corrected chi connectivity index (χ2v) is 4.19. The van der Waals surface area contributed by atoms with Crippen molar-refractivity contribution in [2.75, 3.05) is 0 Å². The minimum atomic E-state index is 0.742. The van der Waals surface area contributed by atoms with Gasteiger partial charge in [-0.25, -0.2) is 0 Å². The van der Waals surface area contributed by atoms with Crippen molar-refractivity contribution in [1.82, 2.24) is 0 Å². The molecule has 1 aromatic carbocycles. The molecule has 0 saturated heterocycles. The van der Waals surface area contributed by atoms with E-state index in [1.54, 1.807) is 0 Å². The van der Waals surface area contributed by atoms with E-state index >= 15 is 0 Å². The summed E-state index contributed by atoms with van der Waals surface area (Å²) in [5.41, 5.74) is 2.72. The van der Waals surface area contributed by atoms with Crippen LogP contribution in [-0.2, 0) is 5.33 Å². The van der Waals surface area contributed by atoms with Crippen molar-refractivity contribution >= 4 is 27.5 Å². The normalized spacial score (nSPS) is 16.5. The molecule has 2 heteroatoms. The Labute approximate surface area is 86.1 Å². The van der Waals surface area contributed by atoms with Crippen molar-refractivity contribution in [2.24, 2.45) is 0 Å². The Balaban J connectivity index is 2.45. The van der Waals surface area contributed by atoms with Gasteiger partial charge in [-0.1, -0.05) is 39.7 Å². The summed E-state index contributed by atoms with van der Waals surface area (Å²) in [6, 6.07) is 6.15. The minimum absolute atomic E-state index is 0.742. The summed E-state index contributed by atoms with van der Waals surface area (Å²) < 4.78 is 0. The number of hydrogen-bond donors (Lipinski definition) is 0. The van der Waals surface area contributed by atoms with Crippen molar-refractivity contribution in [1.29, 1.82) is 0 Å². The Morgan fingerprint density at radius 3 is 2.75 bits per heavy atom. The molecule has 1 fully saturated rings. The monoisotopic (exact) mass is 244 g/mol. The number of rotatable bonds is 2. The van der Waals surface area contributed by atoms with E-state index in [0.717, 1.165) is 16.3 Å². The van der Waals surface area contributed by atoms with Gasteiger partial charge in [0.1, 0.15) is 0 Å². The molecule has 0 heterocycles. The van der Waals surface area contributed by atoms with E-state index in [4.69, 9.17) is 11.6 Å². The van der Waals surface area contributed by atoms with E-state index in [1.165, 1.54) is 24.0 Å². The minimum Gasteiger partial charge on any atom is -0.0876 e. The molecular formula is C10H10BrCl. The lowest BCUT2D eigenvalue weighted by Crippen LogP contribution is -1.89. The fourth-order valence-corrected chi connectivity index (χ4v) is 2.36. The highest BCUT2D eigenvalue weighted by atomic mass is 79.9. The second-order valence-electron chi connectivity index (χ2n) is 3.22. The Hall–Kier alpha value is -0.0100. The largest absolute Gasteiger partial charge is 0.0876 e. The first-order chi connectivity index (χ1) is 5.83. The summed E-state index contributed by atoms with van der Waals surface area (Å²) in [6.07, 6.45) is 2.62. The zero-order chi connectivity index (χ0) is 8.55. The first kappa shape index (κ1) is 8.58. The molecule has 0 amide bonds. The third-order valence-electron chi connectivity index (χ3n) is 2.27. The van der Waals surface area contributed by atoms with E-state index in [0.29, 0.717) is 0 Å². The molecule has 12 heavy (non-hydrogen) atoms. The van der Waals surface area contributed by atoms with Crippen LogP contribution >= 0.6 is 27.5 Å². The van der Waals surface area contributed by atoms with E-state index in [2.05, 4.69) is 22.0 Å². The highest BCUT2D eigenvalue weighted by Gasteiger charge is 2.27. The number of benzene rings is 1. The van der Waals surface area contributed by atoms with Gasteiger partial charge in [0, 0.05) is 10.4 Å². The van der Waals surface area contributed by atoms with Gasteiger partial charge in [-0.15, -0.1) is 0 Å². The highest BCUT2D eigenvalue weighted by molar-refractivity contribution is 9.08. The number of alkyl halides is 1. The lowest BCUT2D eigenvalue weighted by Gasteiger charge is -2.07. The van der Waals surface area contributed by atoms with Crippen LogP contribution in [0, 0.1) is 0 Å². The smallest absolute Gasteiger partial charge is 0.0443 e. The van der Waals surface area contributed by atoms with E-state index in [1.807, 2.05) is 12.1 Å². The quantitative estimate of drug-likeness (QED) is 0.688. The van der Waals surface area contributed by atoms with Crippen LogP contribution in [0.25, 0.3) is 0 Å². The molecule has 0 spiro atoms. The van der Waals surface area contributed by atoms with Crippen LogP contribution in [0.5, 0.6) is 0 Å². The number of hydrogen-bond acceptors (Lipinski definition) is 0. The number of halogens is 2. The average Bonchev–Trinajstić information content (AvgIpc) is 2.87. The van der Waals surface area contributed by atoms with Gasteiger partial charge >= 0.3 is 0 Å². The van der Waals surface area contributed by atoms with Gasteiger partial charge in [-0.2, -0.15) is 0 Å². The highest BCUT2D eigenvalue weighted by Crippen LogP contribution is 2.45. The topological polar surface area (TPSA) is 0 Å². The van der Waals surface area contributed by atoms with Crippen LogP contribution in [0.2, 0.25) is 5.02 Å². The van der Waals surface area contributed by atoms with Crippen LogP contribution in [-0.4, -0.2) is 0 Å². The molecular weight excluding hydrogens is 235 g/mol. The Morgan fingerprint density at radius 2 is 2.17 bits per heavy atom. The predicted molar refractivity (Wildman–Crippen MR) is 56.1 cm³/mol. The van der Waals surface area contributed by atoms with Gasteiger partial charge in [0.05, 0.1) is 0 Å². The molecule has 2 rings (SSSR count). The maximum Gasteiger partial charge on any atom is 0.0443 e. The van der Waals surface area contributed by atoms with Crippen LogP contribution in [0.4, 0.5) is 0 Å². The third kappa shape index (κ3) is 1.53. The van der Waals surface area contributed by atoms with Crippen molar-refractivity contribution in [2.45, 2.75) is 24.1 Å². The van der Waals surface area contributed by atoms with Gasteiger partial charge in [0.2, 0.25) is 0 Å². The van der Waals surface area contributed by atoms with E-state index in [-0.39, 0.29) is 0 Å². The van der Waals surface area contributed by atoms with Crippen molar-refractivity contribution < 1.29 is 0 Å². The SMILES string of the molecule is Clc1cccc(CBr)c1C1CC1. The molecule has 0 unspecified atom stereocenters. The summed E-state index contributed by atoms with van der Waals surface area (Å²) >= 11 is 9.60. The van der Waals surface area contributed by atoms with Crippen LogP contribution in [0.15, 0.2) is 18.2 Å². The summed E-state index contributed by atoms with van der Waals surface area (Å²) in [6.45, 7) is 0. The molecule has 0 aromatic heterocycles.